The van der Waals surface area contributed by atoms with Gasteiger partial charge in [0.05, 0.1) is 17.3 Å². The molecule has 7 heteroatoms. The number of nitrogens with zero attached hydrogens (tertiary/aromatic N) is 3. The molecule has 34 heavy (non-hydrogen) atoms. The summed E-state index contributed by atoms with van der Waals surface area (Å²) in [5.41, 5.74) is 2.73. The first-order chi connectivity index (χ1) is 16.7. The van der Waals surface area contributed by atoms with Crippen molar-refractivity contribution in [1.82, 2.24) is 9.97 Å². The SMILES string of the molecule is O=C1C(=Cc2ccco2)N=C(c2ccccc2)N1c1nc2ccc(Sc3ccccc3)cc2[nH]1. The van der Waals surface area contributed by atoms with Crippen molar-refractivity contribution in [2.75, 3.05) is 4.90 Å². The number of imidazole rings is 1. The van der Waals surface area contributed by atoms with E-state index in [9.17, 15) is 4.79 Å². The molecule has 3 aromatic carbocycles. The Hall–Kier alpha value is -4.36. The van der Waals surface area contributed by atoms with Gasteiger partial charge in [-0.2, -0.15) is 0 Å². The highest BCUT2D eigenvalue weighted by Gasteiger charge is 2.34. The Balaban J connectivity index is 1.39. The van der Waals surface area contributed by atoms with E-state index in [2.05, 4.69) is 22.1 Å². The molecule has 0 unspecified atom stereocenters. The van der Waals surface area contributed by atoms with Gasteiger partial charge in [-0.05, 0) is 42.5 Å². The number of hydrogen-bond acceptors (Lipinski definition) is 5. The molecule has 2 aromatic heterocycles. The molecule has 6 nitrogen and oxygen atoms in total. The standard InChI is InChI=1S/C27H18N4O2S/c32-26-24(16-19-10-7-15-33-19)28-25(18-8-3-1-4-9-18)31(26)27-29-22-14-13-21(17-23(22)30-27)34-20-11-5-2-6-12-20/h1-17H,(H,29,30). The van der Waals surface area contributed by atoms with Crippen molar-refractivity contribution in [3.63, 3.8) is 0 Å². The number of nitrogens with one attached hydrogen (secondary N) is 1. The van der Waals surface area contributed by atoms with Crippen LogP contribution in [0.4, 0.5) is 5.95 Å². The fourth-order valence-electron chi connectivity index (χ4n) is 3.77. The average molecular weight is 463 g/mol. The van der Waals surface area contributed by atoms with Crippen molar-refractivity contribution in [3.05, 3.63) is 114 Å². The van der Waals surface area contributed by atoms with Gasteiger partial charge in [-0.1, -0.05) is 60.3 Å². The number of furan rings is 1. The predicted octanol–water partition coefficient (Wildman–Crippen LogP) is 6.14. The molecule has 3 heterocycles. The Morgan fingerprint density at radius 2 is 1.68 bits per heavy atom. The number of aliphatic imine (C=N–C) groups is 1. The molecule has 1 aliphatic rings. The number of anilines is 1. The van der Waals surface area contributed by atoms with Crippen molar-refractivity contribution in [1.29, 1.82) is 0 Å². The number of rotatable bonds is 5. The third-order valence-corrected chi connectivity index (χ3v) is 6.34. The summed E-state index contributed by atoms with van der Waals surface area (Å²) in [6.45, 7) is 0. The van der Waals surface area contributed by atoms with Gasteiger partial charge in [0.15, 0.2) is 5.84 Å². The van der Waals surface area contributed by atoms with E-state index in [1.165, 1.54) is 4.90 Å². The zero-order valence-corrected chi connectivity index (χ0v) is 18.7. The Labute approximate surface area is 199 Å². The molecule has 0 radical (unpaired) electrons. The third kappa shape index (κ3) is 3.82. The first-order valence-electron chi connectivity index (χ1n) is 10.7. The molecule has 0 aliphatic carbocycles. The van der Waals surface area contributed by atoms with Gasteiger partial charge in [0.2, 0.25) is 5.95 Å². The van der Waals surface area contributed by atoms with Crippen LogP contribution in [0.25, 0.3) is 17.1 Å². The van der Waals surface area contributed by atoms with E-state index in [4.69, 9.17) is 9.40 Å². The van der Waals surface area contributed by atoms with Crippen molar-refractivity contribution < 1.29 is 9.21 Å². The first-order valence-corrected chi connectivity index (χ1v) is 11.5. The van der Waals surface area contributed by atoms with Crippen LogP contribution in [0.2, 0.25) is 0 Å². The summed E-state index contributed by atoms with van der Waals surface area (Å²) < 4.78 is 5.39. The molecule has 0 saturated heterocycles. The molecular formula is C27H18N4O2S. The average Bonchev–Trinajstić information content (AvgIpc) is 3.60. The Kier molecular flexibility index (Phi) is 5.08. The van der Waals surface area contributed by atoms with Gasteiger partial charge in [-0.15, -0.1) is 0 Å². The van der Waals surface area contributed by atoms with Crippen LogP contribution in [0.1, 0.15) is 11.3 Å². The number of aromatic amines is 1. The van der Waals surface area contributed by atoms with Crippen molar-refractivity contribution in [3.8, 4) is 0 Å². The van der Waals surface area contributed by atoms with Gasteiger partial charge in [-0.3, -0.25) is 4.79 Å². The molecule has 5 aromatic rings. The molecule has 0 saturated carbocycles. The number of hydrogen-bond donors (Lipinski definition) is 1. The smallest absolute Gasteiger partial charge is 0.285 e. The predicted molar refractivity (Wildman–Crippen MR) is 134 cm³/mol. The number of amidine groups is 1. The van der Waals surface area contributed by atoms with Crippen LogP contribution in [0.3, 0.4) is 0 Å². The van der Waals surface area contributed by atoms with Crippen molar-refractivity contribution in [2.24, 2.45) is 4.99 Å². The van der Waals surface area contributed by atoms with Crippen LogP contribution >= 0.6 is 11.8 Å². The van der Waals surface area contributed by atoms with Crippen LogP contribution in [0.5, 0.6) is 0 Å². The quantitative estimate of drug-likeness (QED) is 0.318. The van der Waals surface area contributed by atoms with Gasteiger partial charge in [-0.25, -0.2) is 14.9 Å². The normalized spacial score (nSPS) is 14.8. The molecule has 1 N–H and O–H groups in total. The second-order valence-electron chi connectivity index (χ2n) is 7.64. The summed E-state index contributed by atoms with van der Waals surface area (Å²) in [4.78, 5) is 29.9. The molecule has 0 atom stereocenters. The molecule has 0 spiro atoms. The van der Waals surface area contributed by atoms with Gasteiger partial charge in [0.1, 0.15) is 11.5 Å². The summed E-state index contributed by atoms with van der Waals surface area (Å²) in [6.07, 6.45) is 3.21. The maximum absolute atomic E-state index is 13.4. The highest BCUT2D eigenvalue weighted by molar-refractivity contribution is 7.99. The van der Waals surface area contributed by atoms with Gasteiger partial charge >= 0.3 is 0 Å². The third-order valence-electron chi connectivity index (χ3n) is 5.35. The minimum atomic E-state index is -0.270. The maximum atomic E-state index is 13.4. The fourth-order valence-corrected chi connectivity index (χ4v) is 4.65. The Bertz CT molecular complexity index is 1540. The van der Waals surface area contributed by atoms with E-state index < -0.39 is 0 Å². The Morgan fingerprint density at radius 1 is 0.882 bits per heavy atom. The van der Waals surface area contributed by atoms with Crippen LogP contribution in [-0.2, 0) is 4.79 Å². The van der Waals surface area contributed by atoms with Crippen LogP contribution in [-0.4, -0.2) is 21.7 Å². The second-order valence-corrected chi connectivity index (χ2v) is 8.79. The van der Waals surface area contributed by atoms with E-state index in [0.29, 0.717) is 17.5 Å². The summed E-state index contributed by atoms with van der Waals surface area (Å²) in [6, 6.07) is 29.4. The number of carbonyl (C=O) groups excluding carboxylic acids is 1. The molecule has 1 amide bonds. The summed E-state index contributed by atoms with van der Waals surface area (Å²) >= 11 is 1.67. The number of fused-ring (bicyclic) bond motifs is 1. The van der Waals surface area contributed by atoms with Gasteiger partial charge < -0.3 is 9.40 Å². The minimum Gasteiger partial charge on any atom is -0.465 e. The fraction of sp³-hybridized carbons (Fsp3) is 0. The molecule has 0 bridgehead atoms. The van der Waals surface area contributed by atoms with Crippen LogP contribution < -0.4 is 4.90 Å². The largest absolute Gasteiger partial charge is 0.465 e. The highest BCUT2D eigenvalue weighted by Crippen LogP contribution is 2.32. The number of benzene rings is 3. The number of aromatic nitrogens is 2. The lowest BCUT2D eigenvalue weighted by molar-refractivity contribution is -0.113. The number of H-pyrrole nitrogens is 1. The van der Waals surface area contributed by atoms with E-state index in [1.54, 1.807) is 36.2 Å². The minimum absolute atomic E-state index is 0.270. The van der Waals surface area contributed by atoms with Crippen LogP contribution in [0.15, 0.2) is 122 Å². The zero-order chi connectivity index (χ0) is 22.9. The van der Waals surface area contributed by atoms with Gasteiger partial charge in [0, 0.05) is 21.4 Å². The Morgan fingerprint density at radius 3 is 2.44 bits per heavy atom. The number of amides is 1. The zero-order valence-electron chi connectivity index (χ0n) is 17.9. The van der Waals surface area contributed by atoms with Crippen molar-refractivity contribution >= 4 is 46.6 Å². The van der Waals surface area contributed by atoms with Gasteiger partial charge in [0.25, 0.3) is 5.91 Å². The second kappa shape index (κ2) is 8.53. The van der Waals surface area contributed by atoms with E-state index in [0.717, 1.165) is 26.4 Å². The van der Waals surface area contributed by atoms with E-state index in [1.807, 2.05) is 66.7 Å². The van der Waals surface area contributed by atoms with E-state index in [-0.39, 0.29) is 11.6 Å². The summed E-state index contributed by atoms with van der Waals surface area (Å²) in [5.74, 6) is 1.23. The maximum Gasteiger partial charge on any atom is 0.285 e. The topological polar surface area (TPSA) is 74.5 Å². The molecular weight excluding hydrogens is 444 g/mol. The summed E-state index contributed by atoms with van der Waals surface area (Å²) in [7, 11) is 0. The monoisotopic (exact) mass is 462 g/mol. The highest BCUT2D eigenvalue weighted by atomic mass is 32.2. The molecule has 6 rings (SSSR count). The van der Waals surface area contributed by atoms with Crippen LogP contribution in [0, 0.1) is 0 Å². The number of carbonyl (C=O) groups is 1. The lowest BCUT2D eigenvalue weighted by atomic mass is 10.2. The molecule has 164 valence electrons. The summed E-state index contributed by atoms with van der Waals surface area (Å²) in [5, 5.41) is 0. The van der Waals surface area contributed by atoms with E-state index >= 15 is 0 Å². The first kappa shape index (κ1) is 20.3. The lowest BCUT2D eigenvalue weighted by Crippen LogP contribution is -2.33. The van der Waals surface area contributed by atoms with Crippen molar-refractivity contribution in [2.45, 2.75) is 9.79 Å². The lowest BCUT2D eigenvalue weighted by Gasteiger charge is -2.15. The molecule has 1 aliphatic heterocycles. The molecule has 0 fully saturated rings.